The highest BCUT2D eigenvalue weighted by molar-refractivity contribution is 6.42. The minimum absolute atomic E-state index is 0.131. The zero-order valence-electron chi connectivity index (χ0n) is 11.4. The van der Waals surface area contributed by atoms with Crippen LogP contribution in [0.1, 0.15) is 17.2 Å². The maximum Gasteiger partial charge on any atom is 0.408 e. The Hall–Kier alpha value is -2.22. The Balaban J connectivity index is 1.96. The molecule has 2 aromatic rings. The van der Waals surface area contributed by atoms with E-state index in [2.05, 4.69) is 5.32 Å². The zero-order valence-corrected chi connectivity index (χ0v) is 12.9. The molecule has 0 aromatic heterocycles. The maximum absolute atomic E-state index is 11.8. The highest BCUT2D eigenvalue weighted by atomic mass is 35.5. The third kappa shape index (κ3) is 4.39. The van der Waals surface area contributed by atoms with Gasteiger partial charge in [0.05, 0.1) is 16.1 Å². The highest BCUT2D eigenvalue weighted by Gasteiger charge is 2.15. The van der Waals surface area contributed by atoms with Crippen LogP contribution in [0.4, 0.5) is 4.79 Å². The Morgan fingerprint density at radius 3 is 2.55 bits per heavy atom. The van der Waals surface area contributed by atoms with Crippen LogP contribution in [0.3, 0.4) is 0 Å². The van der Waals surface area contributed by atoms with Crippen LogP contribution in [-0.2, 0) is 11.3 Å². The smallest absolute Gasteiger partial charge is 0.408 e. The van der Waals surface area contributed by atoms with Crippen LogP contribution in [0, 0.1) is 11.3 Å². The van der Waals surface area contributed by atoms with E-state index in [1.807, 2.05) is 36.4 Å². The van der Waals surface area contributed by atoms with E-state index >= 15 is 0 Å². The Morgan fingerprint density at radius 2 is 1.91 bits per heavy atom. The van der Waals surface area contributed by atoms with Crippen LogP contribution >= 0.6 is 23.2 Å². The molecule has 0 fully saturated rings. The molecule has 0 heterocycles. The quantitative estimate of drug-likeness (QED) is 0.896. The number of hydrogen-bond acceptors (Lipinski definition) is 3. The molecule has 0 bridgehead atoms. The van der Waals surface area contributed by atoms with Crippen LogP contribution in [0.2, 0.25) is 10.0 Å². The second-order valence-electron chi connectivity index (χ2n) is 4.44. The van der Waals surface area contributed by atoms with Crippen molar-refractivity contribution in [2.45, 2.75) is 12.6 Å². The molecule has 0 aliphatic rings. The molecule has 2 rings (SSSR count). The zero-order chi connectivity index (χ0) is 15.9. The predicted octanol–water partition coefficient (Wildman–Crippen LogP) is 4.48. The van der Waals surface area contributed by atoms with Gasteiger partial charge in [0, 0.05) is 0 Å². The van der Waals surface area contributed by atoms with Crippen LogP contribution in [0.15, 0.2) is 48.5 Å². The molecule has 0 spiro atoms. The summed E-state index contributed by atoms with van der Waals surface area (Å²) in [7, 11) is 0. The standard InChI is InChI=1S/C16H12Cl2N2O2/c17-13-7-6-12(8-14(13)18)15(9-19)20-16(21)22-10-11-4-2-1-3-5-11/h1-8,15H,10H2,(H,20,21)/t15-/m1/s1. The first-order valence-electron chi connectivity index (χ1n) is 6.42. The fraction of sp³-hybridized carbons (Fsp3) is 0.125. The molecular formula is C16H12Cl2N2O2. The van der Waals surface area contributed by atoms with Crippen molar-refractivity contribution in [3.8, 4) is 6.07 Å². The number of benzene rings is 2. The summed E-state index contributed by atoms with van der Waals surface area (Å²) in [5.41, 5.74) is 1.40. The van der Waals surface area contributed by atoms with Gasteiger partial charge in [-0.25, -0.2) is 4.79 Å². The first-order chi connectivity index (χ1) is 10.6. The summed E-state index contributed by atoms with van der Waals surface area (Å²) >= 11 is 11.7. The predicted molar refractivity (Wildman–Crippen MR) is 84.6 cm³/mol. The van der Waals surface area contributed by atoms with Gasteiger partial charge in [-0.05, 0) is 23.3 Å². The Morgan fingerprint density at radius 1 is 1.18 bits per heavy atom. The molecule has 22 heavy (non-hydrogen) atoms. The lowest BCUT2D eigenvalue weighted by Gasteiger charge is -2.13. The number of nitrogens with one attached hydrogen (secondary N) is 1. The van der Waals surface area contributed by atoms with Crippen LogP contribution in [-0.4, -0.2) is 6.09 Å². The topological polar surface area (TPSA) is 62.1 Å². The van der Waals surface area contributed by atoms with Crippen LogP contribution in [0.5, 0.6) is 0 Å². The van der Waals surface area contributed by atoms with Crippen molar-refractivity contribution in [3.63, 3.8) is 0 Å². The van der Waals surface area contributed by atoms with E-state index in [1.54, 1.807) is 12.1 Å². The van der Waals surface area contributed by atoms with E-state index in [0.29, 0.717) is 15.6 Å². The van der Waals surface area contributed by atoms with Crippen molar-refractivity contribution in [3.05, 3.63) is 69.7 Å². The van der Waals surface area contributed by atoms with Gasteiger partial charge in [0.2, 0.25) is 0 Å². The number of halogens is 2. The number of carbonyl (C=O) groups excluding carboxylic acids is 1. The molecule has 2 aromatic carbocycles. The average Bonchev–Trinajstić information content (AvgIpc) is 2.54. The first kappa shape index (κ1) is 16.2. The van der Waals surface area contributed by atoms with E-state index in [0.717, 1.165) is 5.56 Å². The van der Waals surface area contributed by atoms with Gasteiger partial charge in [0.25, 0.3) is 0 Å². The second-order valence-corrected chi connectivity index (χ2v) is 5.26. The molecule has 0 radical (unpaired) electrons. The number of nitriles is 1. The number of carbonyl (C=O) groups is 1. The van der Waals surface area contributed by atoms with E-state index < -0.39 is 12.1 Å². The fourth-order valence-corrected chi connectivity index (χ4v) is 2.07. The maximum atomic E-state index is 11.8. The minimum atomic E-state index is -0.863. The number of ether oxygens (including phenoxy) is 1. The Labute approximate surface area is 138 Å². The summed E-state index contributed by atoms with van der Waals surface area (Å²) in [5, 5.41) is 12.4. The summed E-state index contributed by atoms with van der Waals surface area (Å²) in [6.45, 7) is 0.131. The summed E-state index contributed by atoms with van der Waals surface area (Å²) in [5.74, 6) is 0. The van der Waals surface area contributed by atoms with Crippen LogP contribution < -0.4 is 5.32 Å². The van der Waals surface area contributed by atoms with Gasteiger partial charge in [0.1, 0.15) is 12.6 Å². The molecule has 1 N–H and O–H groups in total. The molecule has 6 heteroatoms. The largest absolute Gasteiger partial charge is 0.445 e. The molecular weight excluding hydrogens is 323 g/mol. The molecule has 1 amide bonds. The van der Waals surface area contributed by atoms with Crippen molar-refractivity contribution in [1.82, 2.24) is 5.32 Å². The third-order valence-electron chi connectivity index (χ3n) is 2.88. The molecule has 0 saturated carbocycles. The van der Waals surface area contributed by atoms with Gasteiger partial charge >= 0.3 is 6.09 Å². The summed E-state index contributed by atoms with van der Waals surface area (Å²) < 4.78 is 5.08. The van der Waals surface area contributed by atoms with Gasteiger partial charge in [0.15, 0.2) is 0 Å². The van der Waals surface area contributed by atoms with Gasteiger partial charge in [-0.15, -0.1) is 0 Å². The summed E-state index contributed by atoms with van der Waals surface area (Å²) in [6, 6.07) is 15.1. The van der Waals surface area contributed by atoms with E-state index in [1.165, 1.54) is 6.07 Å². The fourth-order valence-electron chi connectivity index (χ4n) is 1.76. The Bertz CT molecular complexity index is 699. The molecule has 4 nitrogen and oxygen atoms in total. The summed E-state index contributed by atoms with van der Waals surface area (Å²) in [6.07, 6.45) is -0.679. The number of hydrogen-bond donors (Lipinski definition) is 1. The average molecular weight is 335 g/mol. The summed E-state index contributed by atoms with van der Waals surface area (Å²) in [4.78, 5) is 11.8. The van der Waals surface area contributed by atoms with E-state index in [9.17, 15) is 10.1 Å². The molecule has 0 saturated heterocycles. The van der Waals surface area contributed by atoms with Crippen molar-refractivity contribution < 1.29 is 9.53 Å². The molecule has 112 valence electrons. The lowest BCUT2D eigenvalue weighted by Crippen LogP contribution is -2.28. The Kier molecular flexibility index (Phi) is 5.65. The van der Waals surface area contributed by atoms with Crippen molar-refractivity contribution in [2.24, 2.45) is 0 Å². The number of alkyl carbamates (subject to hydrolysis) is 1. The van der Waals surface area contributed by atoms with Crippen molar-refractivity contribution in [1.29, 1.82) is 5.26 Å². The minimum Gasteiger partial charge on any atom is -0.445 e. The van der Waals surface area contributed by atoms with Gasteiger partial charge < -0.3 is 10.1 Å². The third-order valence-corrected chi connectivity index (χ3v) is 3.62. The number of rotatable bonds is 4. The van der Waals surface area contributed by atoms with E-state index in [-0.39, 0.29) is 6.61 Å². The molecule has 0 aliphatic carbocycles. The number of amides is 1. The van der Waals surface area contributed by atoms with Gasteiger partial charge in [-0.1, -0.05) is 59.6 Å². The van der Waals surface area contributed by atoms with Gasteiger partial charge in [-0.3, -0.25) is 0 Å². The van der Waals surface area contributed by atoms with Gasteiger partial charge in [-0.2, -0.15) is 5.26 Å². The SMILES string of the molecule is N#C[C@@H](NC(=O)OCc1ccccc1)c1ccc(Cl)c(Cl)c1. The molecule has 1 atom stereocenters. The van der Waals surface area contributed by atoms with Crippen LogP contribution in [0.25, 0.3) is 0 Å². The van der Waals surface area contributed by atoms with Crippen molar-refractivity contribution >= 4 is 29.3 Å². The highest BCUT2D eigenvalue weighted by Crippen LogP contribution is 2.25. The monoisotopic (exact) mass is 334 g/mol. The lowest BCUT2D eigenvalue weighted by atomic mass is 10.1. The van der Waals surface area contributed by atoms with Crippen molar-refractivity contribution in [2.75, 3.05) is 0 Å². The normalized spacial score (nSPS) is 11.3. The van der Waals surface area contributed by atoms with E-state index in [4.69, 9.17) is 27.9 Å². The molecule has 0 aliphatic heterocycles. The number of nitrogens with zero attached hydrogens (tertiary/aromatic N) is 1. The second kappa shape index (κ2) is 7.69. The molecule has 0 unspecified atom stereocenters. The lowest BCUT2D eigenvalue weighted by molar-refractivity contribution is 0.137. The first-order valence-corrected chi connectivity index (χ1v) is 7.17.